The zero-order valence-corrected chi connectivity index (χ0v) is 9.61. The van der Waals surface area contributed by atoms with Crippen LogP contribution in [0.1, 0.15) is 18.2 Å². The van der Waals surface area contributed by atoms with Crippen molar-refractivity contribution >= 4 is 21.6 Å². The van der Waals surface area contributed by atoms with Crippen molar-refractivity contribution in [2.75, 3.05) is 13.1 Å². The third-order valence-electron chi connectivity index (χ3n) is 2.74. The van der Waals surface area contributed by atoms with E-state index in [0.29, 0.717) is 5.92 Å². The fourth-order valence-corrected chi connectivity index (χ4v) is 2.36. The molecule has 6 heteroatoms. The highest BCUT2D eigenvalue weighted by molar-refractivity contribution is 9.10. The molecule has 2 aromatic heterocycles. The first-order valence-corrected chi connectivity index (χ1v) is 5.71. The maximum Gasteiger partial charge on any atom is 0.193 e. The van der Waals surface area contributed by atoms with Crippen molar-refractivity contribution in [2.24, 2.45) is 0 Å². The second kappa shape index (κ2) is 3.53. The molecule has 0 saturated carbocycles. The van der Waals surface area contributed by atoms with Crippen molar-refractivity contribution in [3.05, 3.63) is 22.8 Å². The molecule has 1 N–H and O–H groups in total. The van der Waals surface area contributed by atoms with Crippen molar-refractivity contribution in [3.63, 3.8) is 0 Å². The van der Waals surface area contributed by atoms with Crippen molar-refractivity contribution in [1.29, 1.82) is 0 Å². The fourth-order valence-electron chi connectivity index (χ4n) is 1.97. The highest BCUT2D eigenvalue weighted by atomic mass is 79.9. The van der Waals surface area contributed by atoms with E-state index in [1.54, 1.807) is 6.20 Å². The Balaban J connectivity index is 2.15. The van der Waals surface area contributed by atoms with Gasteiger partial charge in [0.05, 0.1) is 0 Å². The average molecular weight is 268 g/mol. The molecule has 5 nitrogen and oxygen atoms in total. The van der Waals surface area contributed by atoms with Gasteiger partial charge in [-0.1, -0.05) is 0 Å². The van der Waals surface area contributed by atoms with E-state index in [4.69, 9.17) is 0 Å². The van der Waals surface area contributed by atoms with Crippen LogP contribution >= 0.6 is 15.9 Å². The molecule has 1 aliphatic heterocycles. The minimum absolute atomic E-state index is 0.467. The van der Waals surface area contributed by atoms with Crippen LogP contribution in [0.2, 0.25) is 0 Å². The Morgan fingerprint density at radius 1 is 1.47 bits per heavy atom. The molecule has 15 heavy (non-hydrogen) atoms. The van der Waals surface area contributed by atoms with E-state index in [-0.39, 0.29) is 0 Å². The van der Waals surface area contributed by atoms with Crippen LogP contribution in [0.15, 0.2) is 17.0 Å². The van der Waals surface area contributed by atoms with Gasteiger partial charge in [0, 0.05) is 24.9 Å². The van der Waals surface area contributed by atoms with Crippen molar-refractivity contribution < 1.29 is 0 Å². The van der Waals surface area contributed by atoms with Crippen LogP contribution < -0.4 is 5.32 Å². The monoisotopic (exact) mass is 267 g/mol. The highest BCUT2D eigenvalue weighted by Gasteiger charge is 2.22. The molecule has 0 radical (unpaired) electrons. The third-order valence-corrected chi connectivity index (χ3v) is 3.30. The molecule has 2 aromatic rings. The largest absolute Gasteiger partial charge is 0.316 e. The summed E-state index contributed by atoms with van der Waals surface area (Å²) in [6.07, 6.45) is 4.79. The number of hydrogen-bond acceptors (Lipinski definition) is 4. The Hall–Kier alpha value is -1.01. The molecule has 3 rings (SSSR count). The van der Waals surface area contributed by atoms with Gasteiger partial charge in [-0.25, -0.2) is 4.98 Å². The first-order valence-electron chi connectivity index (χ1n) is 4.92. The minimum atomic E-state index is 0.467. The Kier molecular flexibility index (Phi) is 2.17. The van der Waals surface area contributed by atoms with Crippen molar-refractivity contribution in [1.82, 2.24) is 24.9 Å². The Morgan fingerprint density at radius 3 is 3.20 bits per heavy atom. The summed E-state index contributed by atoms with van der Waals surface area (Å²) in [6.45, 7) is 2.05. The lowest BCUT2D eigenvalue weighted by Gasteiger charge is -2.05. The molecule has 1 unspecified atom stereocenters. The van der Waals surface area contributed by atoms with E-state index >= 15 is 0 Å². The first kappa shape index (κ1) is 9.23. The van der Waals surface area contributed by atoms with Gasteiger partial charge in [0.15, 0.2) is 10.3 Å². The maximum atomic E-state index is 4.24. The molecule has 3 heterocycles. The molecule has 0 amide bonds. The summed E-state index contributed by atoms with van der Waals surface area (Å²) in [4.78, 5) is 4.12. The minimum Gasteiger partial charge on any atom is -0.316 e. The summed E-state index contributed by atoms with van der Waals surface area (Å²) in [7, 11) is 0. The number of fused-ring (bicyclic) bond motifs is 1. The summed E-state index contributed by atoms with van der Waals surface area (Å²) in [5.74, 6) is 1.49. The summed E-state index contributed by atoms with van der Waals surface area (Å²) >= 11 is 3.37. The van der Waals surface area contributed by atoms with Crippen LogP contribution in [-0.2, 0) is 0 Å². The number of hydrogen-bond donors (Lipinski definition) is 1. The molecule has 78 valence electrons. The summed E-state index contributed by atoms with van der Waals surface area (Å²) in [5.41, 5.74) is 0.791. The van der Waals surface area contributed by atoms with Crippen LogP contribution in [0.3, 0.4) is 0 Å². The quantitative estimate of drug-likeness (QED) is 0.837. The number of nitrogens with one attached hydrogen (secondary N) is 1. The van der Waals surface area contributed by atoms with E-state index in [1.807, 2.05) is 10.6 Å². The molecule has 1 atom stereocenters. The number of aromatic nitrogens is 4. The van der Waals surface area contributed by atoms with Crippen LogP contribution in [0.4, 0.5) is 0 Å². The van der Waals surface area contributed by atoms with E-state index in [1.165, 1.54) is 0 Å². The van der Waals surface area contributed by atoms with Crippen molar-refractivity contribution in [2.45, 2.75) is 12.3 Å². The van der Waals surface area contributed by atoms with Crippen LogP contribution in [0, 0.1) is 0 Å². The van der Waals surface area contributed by atoms with E-state index in [0.717, 1.165) is 35.6 Å². The highest BCUT2D eigenvalue weighted by Crippen LogP contribution is 2.22. The predicted molar refractivity (Wildman–Crippen MR) is 58.7 cm³/mol. The van der Waals surface area contributed by atoms with Gasteiger partial charge in [0.2, 0.25) is 0 Å². The predicted octanol–water partition coefficient (Wildman–Crippen LogP) is 0.964. The Morgan fingerprint density at radius 2 is 2.40 bits per heavy atom. The summed E-state index contributed by atoms with van der Waals surface area (Å²) in [6, 6.07) is 0. The van der Waals surface area contributed by atoms with Gasteiger partial charge >= 0.3 is 0 Å². The molecule has 1 saturated heterocycles. The van der Waals surface area contributed by atoms with Gasteiger partial charge in [-0.05, 0) is 28.9 Å². The van der Waals surface area contributed by atoms with Crippen LogP contribution in [0.25, 0.3) is 5.65 Å². The van der Waals surface area contributed by atoms with Gasteiger partial charge < -0.3 is 5.32 Å². The van der Waals surface area contributed by atoms with Gasteiger partial charge in [-0.15, -0.1) is 10.2 Å². The molecule has 0 bridgehead atoms. The SMILES string of the molecule is Brc1nccn2c(C3CCNC3)nnc12. The lowest BCUT2D eigenvalue weighted by atomic mass is 10.1. The molecule has 1 fully saturated rings. The van der Waals surface area contributed by atoms with Crippen LogP contribution in [-0.4, -0.2) is 32.7 Å². The van der Waals surface area contributed by atoms with Gasteiger partial charge in [-0.2, -0.15) is 0 Å². The topological polar surface area (TPSA) is 55.1 Å². The van der Waals surface area contributed by atoms with Gasteiger partial charge in [-0.3, -0.25) is 4.40 Å². The normalized spacial score (nSPS) is 21.3. The molecule has 0 aromatic carbocycles. The van der Waals surface area contributed by atoms with E-state index in [2.05, 4.69) is 36.4 Å². The van der Waals surface area contributed by atoms with E-state index in [9.17, 15) is 0 Å². The lowest BCUT2D eigenvalue weighted by Crippen LogP contribution is -2.10. The number of halogens is 1. The lowest BCUT2D eigenvalue weighted by molar-refractivity contribution is 0.690. The van der Waals surface area contributed by atoms with Crippen LogP contribution in [0.5, 0.6) is 0 Å². The molecular weight excluding hydrogens is 258 g/mol. The standard InChI is InChI=1S/C9H10BrN5/c10-7-9-14-13-8(6-1-2-11-5-6)15(9)4-3-12-7/h3-4,6,11H,1-2,5H2. The fraction of sp³-hybridized carbons (Fsp3) is 0.444. The van der Waals surface area contributed by atoms with Gasteiger partial charge in [0.25, 0.3) is 0 Å². The zero-order valence-electron chi connectivity index (χ0n) is 8.02. The second-order valence-corrected chi connectivity index (χ2v) is 4.41. The number of rotatable bonds is 1. The smallest absolute Gasteiger partial charge is 0.193 e. The third kappa shape index (κ3) is 1.44. The first-order chi connectivity index (χ1) is 7.36. The summed E-state index contributed by atoms with van der Waals surface area (Å²) < 4.78 is 2.75. The molecular formula is C9H10BrN5. The zero-order chi connectivity index (χ0) is 10.3. The molecule has 0 aliphatic carbocycles. The van der Waals surface area contributed by atoms with E-state index < -0.39 is 0 Å². The maximum absolute atomic E-state index is 4.24. The molecule has 1 aliphatic rings. The Bertz CT molecular complexity index is 488. The number of nitrogens with zero attached hydrogens (tertiary/aromatic N) is 4. The van der Waals surface area contributed by atoms with Gasteiger partial charge in [0.1, 0.15) is 5.82 Å². The summed E-state index contributed by atoms with van der Waals surface area (Å²) in [5, 5.41) is 11.7. The second-order valence-electron chi connectivity index (χ2n) is 3.66. The molecule has 0 spiro atoms. The van der Waals surface area contributed by atoms with Crippen molar-refractivity contribution in [3.8, 4) is 0 Å². The average Bonchev–Trinajstić information content (AvgIpc) is 2.85. The Labute approximate surface area is 95.0 Å².